The van der Waals surface area contributed by atoms with Crippen molar-refractivity contribution in [2.75, 3.05) is 39.6 Å². The van der Waals surface area contributed by atoms with Gasteiger partial charge in [-0.15, -0.1) is 0 Å². The molecule has 0 aromatic rings. The Morgan fingerprint density at radius 2 is 1.95 bits per heavy atom. The van der Waals surface area contributed by atoms with Gasteiger partial charge in [0.25, 0.3) is 0 Å². The standard InChI is InChI=1S/C11H22N2O7/c12-1-2-17-3-4-18-6-8-9(15)10(20-11(13)16)7(14)5-19-8/h7-10,14-15H,1-6,12H2,(H2,13,16)/t7-,8-,9-,10-/m1/s1. The number of amides is 1. The van der Waals surface area contributed by atoms with Crippen molar-refractivity contribution in [2.24, 2.45) is 11.5 Å². The van der Waals surface area contributed by atoms with Gasteiger partial charge >= 0.3 is 6.09 Å². The molecule has 1 fully saturated rings. The van der Waals surface area contributed by atoms with Gasteiger partial charge in [0, 0.05) is 6.54 Å². The first-order chi connectivity index (χ1) is 9.56. The van der Waals surface area contributed by atoms with E-state index >= 15 is 0 Å². The van der Waals surface area contributed by atoms with Crippen LogP contribution in [0.1, 0.15) is 0 Å². The van der Waals surface area contributed by atoms with E-state index in [1.165, 1.54) is 0 Å². The molecule has 0 aromatic heterocycles. The Hall–Kier alpha value is -0.970. The lowest BCUT2D eigenvalue weighted by Gasteiger charge is -2.36. The summed E-state index contributed by atoms with van der Waals surface area (Å²) in [4.78, 5) is 10.7. The summed E-state index contributed by atoms with van der Waals surface area (Å²) in [5, 5.41) is 19.5. The van der Waals surface area contributed by atoms with Crippen LogP contribution in [0.2, 0.25) is 0 Å². The SMILES string of the molecule is NCCOCCOC[C@H]1OC[C@@H](O)[C@@H](OC(N)=O)[C@@H]1O. The first-order valence-corrected chi connectivity index (χ1v) is 6.35. The highest BCUT2D eigenvalue weighted by atomic mass is 16.6. The molecule has 6 N–H and O–H groups in total. The lowest BCUT2D eigenvalue weighted by atomic mass is 10.0. The quantitative estimate of drug-likeness (QED) is 0.361. The smallest absolute Gasteiger partial charge is 0.404 e. The number of hydrogen-bond acceptors (Lipinski definition) is 8. The minimum atomic E-state index is -1.21. The third kappa shape index (κ3) is 5.57. The summed E-state index contributed by atoms with van der Waals surface area (Å²) in [6, 6.07) is 0. The molecule has 0 aliphatic carbocycles. The van der Waals surface area contributed by atoms with Gasteiger partial charge in [0.1, 0.15) is 18.3 Å². The molecule has 0 saturated carbocycles. The number of carbonyl (C=O) groups excluding carboxylic acids is 1. The second-order valence-corrected chi connectivity index (χ2v) is 4.31. The highest BCUT2D eigenvalue weighted by molar-refractivity contribution is 5.64. The summed E-state index contributed by atoms with van der Waals surface area (Å²) in [6.07, 6.45) is -5.23. The van der Waals surface area contributed by atoms with E-state index in [9.17, 15) is 15.0 Å². The van der Waals surface area contributed by atoms with E-state index in [-0.39, 0.29) is 13.2 Å². The zero-order chi connectivity index (χ0) is 15.0. The van der Waals surface area contributed by atoms with Crippen LogP contribution in [0.3, 0.4) is 0 Å². The van der Waals surface area contributed by atoms with Gasteiger partial charge in [-0.3, -0.25) is 0 Å². The van der Waals surface area contributed by atoms with Crippen LogP contribution in [-0.4, -0.2) is 80.3 Å². The third-order valence-electron chi connectivity index (χ3n) is 2.75. The van der Waals surface area contributed by atoms with Gasteiger partial charge in [-0.1, -0.05) is 0 Å². The predicted octanol–water partition coefficient (Wildman–Crippen LogP) is -2.44. The maximum Gasteiger partial charge on any atom is 0.404 e. The molecule has 4 atom stereocenters. The van der Waals surface area contributed by atoms with Gasteiger partial charge in [0.2, 0.25) is 0 Å². The van der Waals surface area contributed by atoms with Crippen molar-refractivity contribution in [3.8, 4) is 0 Å². The van der Waals surface area contributed by atoms with Crippen molar-refractivity contribution in [3.63, 3.8) is 0 Å². The molecule has 0 aromatic carbocycles. The fraction of sp³-hybridized carbons (Fsp3) is 0.909. The molecule has 1 amide bonds. The Labute approximate surface area is 116 Å². The number of hydrogen-bond donors (Lipinski definition) is 4. The van der Waals surface area contributed by atoms with Crippen molar-refractivity contribution in [2.45, 2.75) is 24.4 Å². The molecule has 9 heteroatoms. The first-order valence-electron chi connectivity index (χ1n) is 6.35. The molecule has 0 spiro atoms. The lowest BCUT2D eigenvalue weighted by Crippen LogP contribution is -2.56. The molecular weight excluding hydrogens is 272 g/mol. The van der Waals surface area contributed by atoms with E-state index in [1.807, 2.05) is 0 Å². The summed E-state index contributed by atoms with van der Waals surface area (Å²) >= 11 is 0. The summed E-state index contributed by atoms with van der Waals surface area (Å²) < 4.78 is 20.3. The first kappa shape index (κ1) is 17.1. The summed E-state index contributed by atoms with van der Waals surface area (Å²) in [6.45, 7) is 1.59. The number of aliphatic hydroxyl groups is 2. The average Bonchev–Trinajstić information content (AvgIpc) is 2.40. The molecule has 9 nitrogen and oxygen atoms in total. The van der Waals surface area contributed by atoms with Gasteiger partial charge in [-0.25, -0.2) is 4.79 Å². The van der Waals surface area contributed by atoms with Gasteiger partial charge in [-0.2, -0.15) is 0 Å². The Morgan fingerprint density at radius 1 is 1.25 bits per heavy atom. The van der Waals surface area contributed by atoms with Crippen molar-refractivity contribution in [1.29, 1.82) is 0 Å². The second-order valence-electron chi connectivity index (χ2n) is 4.31. The van der Waals surface area contributed by atoms with Crippen molar-refractivity contribution < 1.29 is 34.0 Å². The number of rotatable bonds is 8. The Kier molecular flexibility index (Phi) is 7.73. The molecule has 1 aliphatic rings. The number of nitrogens with two attached hydrogens (primary N) is 2. The maximum absolute atomic E-state index is 10.7. The second kappa shape index (κ2) is 9.06. The van der Waals surface area contributed by atoms with Gasteiger partial charge in [-0.05, 0) is 0 Å². The number of primary amides is 1. The van der Waals surface area contributed by atoms with Crippen molar-refractivity contribution in [1.82, 2.24) is 0 Å². The van der Waals surface area contributed by atoms with Gasteiger partial charge in [0.05, 0.1) is 33.0 Å². The normalized spacial score (nSPS) is 30.1. The predicted molar refractivity (Wildman–Crippen MR) is 66.9 cm³/mol. The molecule has 0 unspecified atom stereocenters. The van der Waals surface area contributed by atoms with Crippen molar-refractivity contribution >= 4 is 6.09 Å². The monoisotopic (exact) mass is 294 g/mol. The van der Waals surface area contributed by atoms with E-state index < -0.39 is 30.5 Å². The largest absolute Gasteiger partial charge is 0.441 e. The van der Waals surface area contributed by atoms with E-state index in [0.29, 0.717) is 26.4 Å². The van der Waals surface area contributed by atoms with E-state index in [2.05, 4.69) is 4.74 Å². The lowest BCUT2D eigenvalue weighted by molar-refractivity contribution is -0.199. The summed E-state index contributed by atoms with van der Waals surface area (Å²) in [5.41, 5.74) is 10.1. The Bertz CT molecular complexity index is 292. The summed E-state index contributed by atoms with van der Waals surface area (Å²) in [7, 11) is 0. The molecule has 0 radical (unpaired) electrons. The van der Waals surface area contributed by atoms with Crippen LogP contribution in [0.25, 0.3) is 0 Å². The molecule has 20 heavy (non-hydrogen) atoms. The molecule has 0 bridgehead atoms. The van der Waals surface area contributed by atoms with Crippen LogP contribution < -0.4 is 11.5 Å². The average molecular weight is 294 g/mol. The minimum absolute atomic E-state index is 0.0767. The van der Waals surface area contributed by atoms with E-state index in [0.717, 1.165) is 0 Å². The van der Waals surface area contributed by atoms with Crippen molar-refractivity contribution in [3.05, 3.63) is 0 Å². The van der Waals surface area contributed by atoms with Crippen LogP contribution in [0.5, 0.6) is 0 Å². The summed E-state index contributed by atoms with van der Waals surface area (Å²) in [5.74, 6) is 0. The van der Waals surface area contributed by atoms with Crippen LogP contribution in [0.4, 0.5) is 4.79 Å². The van der Waals surface area contributed by atoms with E-state index in [4.69, 9.17) is 25.7 Å². The van der Waals surface area contributed by atoms with Gasteiger partial charge in [0.15, 0.2) is 6.10 Å². The third-order valence-corrected chi connectivity index (χ3v) is 2.75. The van der Waals surface area contributed by atoms with Crippen LogP contribution in [0, 0.1) is 0 Å². The Morgan fingerprint density at radius 3 is 2.60 bits per heavy atom. The Balaban J connectivity index is 2.29. The molecule has 1 heterocycles. The topological polar surface area (TPSA) is 146 Å². The molecular formula is C11H22N2O7. The molecule has 1 saturated heterocycles. The number of aliphatic hydroxyl groups excluding tert-OH is 2. The maximum atomic E-state index is 10.7. The van der Waals surface area contributed by atoms with Crippen LogP contribution in [0.15, 0.2) is 0 Å². The molecule has 1 rings (SSSR count). The van der Waals surface area contributed by atoms with E-state index in [1.54, 1.807) is 0 Å². The fourth-order valence-corrected chi connectivity index (χ4v) is 1.79. The highest BCUT2D eigenvalue weighted by Gasteiger charge is 2.41. The van der Waals surface area contributed by atoms with Gasteiger partial charge < -0.3 is 40.6 Å². The fourth-order valence-electron chi connectivity index (χ4n) is 1.79. The minimum Gasteiger partial charge on any atom is -0.441 e. The molecule has 1 aliphatic heterocycles. The zero-order valence-electron chi connectivity index (χ0n) is 11.1. The molecule has 118 valence electrons. The number of carbonyl (C=O) groups is 1. The van der Waals surface area contributed by atoms with Crippen LogP contribution in [-0.2, 0) is 18.9 Å². The zero-order valence-corrected chi connectivity index (χ0v) is 11.1. The number of ether oxygens (including phenoxy) is 4. The van der Waals surface area contributed by atoms with Crippen LogP contribution >= 0.6 is 0 Å². The highest BCUT2D eigenvalue weighted by Crippen LogP contribution is 2.18.